The molecule has 2 unspecified atom stereocenters. The summed E-state index contributed by atoms with van der Waals surface area (Å²) in [6.45, 7) is 21.8. The van der Waals surface area contributed by atoms with E-state index in [4.69, 9.17) is 4.74 Å². The fourth-order valence-electron chi connectivity index (χ4n) is 6.33. The van der Waals surface area contributed by atoms with Crippen molar-refractivity contribution in [2.45, 2.75) is 106 Å². The second-order valence-electron chi connectivity index (χ2n) is 16.0. The molecule has 2 heterocycles. The first-order chi connectivity index (χ1) is 23.6. The summed E-state index contributed by atoms with van der Waals surface area (Å²) in [6.07, 6.45) is 2.75. The molecule has 0 spiro atoms. The van der Waals surface area contributed by atoms with Gasteiger partial charge in [-0.15, -0.1) is 6.58 Å². The molecule has 2 rings (SSSR count). The van der Waals surface area contributed by atoms with Crippen molar-refractivity contribution in [2.24, 2.45) is 22.7 Å². The van der Waals surface area contributed by atoms with E-state index in [0.717, 1.165) is 0 Å². The maximum Gasteiger partial charge on any atom is 0.315 e. The Bertz CT molecular complexity index is 1350. The van der Waals surface area contributed by atoms with Crippen LogP contribution in [0.1, 0.15) is 81.6 Å². The maximum atomic E-state index is 14.4. The second-order valence-corrected chi connectivity index (χ2v) is 18.1. The predicted molar refractivity (Wildman–Crippen MR) is 196 cm³/mol. The van der Waals surface area contributed by atoms with Crippen LogP contribution in [0.15, 0.2) is 12.7 Å². The summed E-state index contributed by atoms with van der Waals surface area (Å²) >= 11 is 0. The van der Waals surface area contributed by atoms with Crippen LogP contribution >= 0.6 is 0 Å². The van der Waals surface area contributed by atoms with E-state index in [2.05, 4.69) is 27.8 Å². The van der Waals surface area contributed by atoms with Gasteiger partial charge in [-0.2, -0.15) is 17.0 Å². The van der Waals surface area contributed by atoms with Crippen LogP contribution in [-0.4, -0.2) is 129 Å². The largest absolute Gasteiger partial charge is 0.379 e. The SMILES string of the molecule is C=CCNC(=O)C(=O)C(CCC)NC(=O)[C@@H]1C(C(C)C)CCN1C(=O)[C@@H](NC(=O)N[C@H](CN(C)S(=O)(=O)N1CCOCC1)C(C)(C)C)C(C)(C)C. The minimum absolute atomic E-state index is 0.0115. The van der Waals surface area contributed by atoms with Crippen molar-refractivity contribution < 1.29 is 37.1 Å². The highest BCUT2D eigenvalue weighted by atomic mass is 32.2. The highest BCUT2D eigenvalue weighted by Crippen LogP contribution is 2.33. The van der Waals surface area contributed by atoms with Gasteiger partial charge in [-0.25, -0.2) is 4.79 Å². The van der Waals surface area contributed by atoms with Crippen molar-refractivity contribution in [3.63, 3.8) is 0 Å². The molecule has 0 aromatic rings. The van der Waals surface area contributed by atoms with Gasteiger partial charge in [0.2, 0.25) is 17.6 Å². The third kappa shape index (κ3) is 12.0. The molecule has 0 aliphatic carbocycles. The van der Waals surface area contributed by atoms with Crippen LogP contribution in [0.3, 0.4) is 0 Å². The lowest BCUT2D eigenvalue weighted by Crippen LogP contribution is -2.62. The Morgan fingerprint density at radius 1 is 0.961 bits per heavy atom. The predicted octanol–water partition coefficient (Wildman–Crippen LogP) is 1.65. The van der Waals surface area contributed by atoms with E-state index >= 15 is 0 Å². The third-order valence-corrected chi connectivity index (χ3v) is 11.5. The van der Waals surface area contributed by atoms with Crippen molar-refractivity contribution in [1.29, 1.82) is 0 Å². The minimum atomic E-state index is -3.81. The van der Waals surface area contributed by atoms with Crippen molar-refractivity contribution in [1.82, 2.24) is 34.8 Å². The fraction of sp³-hybridized carbons (Fsp3) is 0.800. The summed E-state index contributed by atoms with van der Waals surface area (Å²) in [7, 11) is -2.34. The minimum Gasteiger partial charge on any atom is -0.379 e. The Morgan fingerprint density at radius 2 is 1.57 bits per heavy atom. The zero-order chi connectivity index (χ0) is 38.9. The highest BCUT2D eigenvalue weighted by molar-refractivity contribution is 7.86. The van der Waals surface area contributed by atoms with E-state index in [1.807, 2.05) is 62.3 Å². The molecule has 16 heteroatoms. The summed E-state index contributed by atoms with van der Waals surface area (Å²) in [5.41, 5.74) is -1.35. The first kappa shape index (κ1) is 44.1. The summed E-state index contributed by atoms with van der Waals surface area (Å²) < 4.78 is 34.5. The number of nitrogens with one attached hydrogen (secondary N) is 4. The van der Waals surface area contributed by atoms with Gasteiger partial charge in [0.25, 0.3) is 16.1 Å². The van der Waals surface area contributed by atoms with Crippen LogP contribution in [0.5, 0.6) is 0 Å². The van der Waals surface area contributed by atoms with Gasteiger partial charge in [0.15, 0.2) is 0 Å². The van der Waals surface area contributed by atoms with Gasteiger partial charge < -0.3 is 30.9 Å². The van der Waals surface area contributed by atoms with Crippen LogP contribution in [0.2, 0.25) is 0 Å². The van der Waals surface area contributed by atoms with Crippen LogP contribution in [0, 0.1) is 22.7 Å². The van der Waals surface area contributed by atoms with Crippen LogP contribution < -0.4 is 21.3 Å². The number of amides is 5. The lowest BCUT2D eigenvalue weighted by atomic mass is 9.84. The lowest BCUT2D eigenvalue weighted by Gasteiger charge is -2.39. The third-order valence-electron chi connectivity index (χ3n) is 9.56. The highest BCUT2D eigenvalue weighted by Gasteiger charge is 2.48. The number of likely N-dealkylation sites (tertiary alicyclic amines) is 1. The number of carbonyl (C=O) groups excluding carboxylic acids is 5. The molecule has 2 saturated heterocycles. The number of carbonyl (C=O) groups is 5. The van der Waals surface area contributed by atoms with Crippen molar-refractivity contribution in [3.05, 3.63) is 12.7 Å². The Balaban J connectivity index is 2.32. The maximum absolute atomic E-state index is 14.4. The molecule has 0 aromatic carbocycles. The van der Waals surface area contributed by atoms with Gasteiger partial charge in [0.05, 0.1) is 19.3 Å². The zero-order valence-corrected chi connectivity index (χ0v) is 33.2. The van der Waals surface area contributed by atoms with Gasteiger partial charge in [-0.3, -0.25) is 19.2 Å². The molecular formula is C35H63N7O8S. The van der Waals surface area contributed by atoms with E-state index in [-0.39, 0.29) is 51.0 Å². The van der Waals surface area contributed by atoms with Gasteiger partial charge in [0, 0.05) is 45.8 Å². The van der Waals surface area contributed by atoms with Crippen LogP contribution in [-0.2, 0) is 34.1 Å². The van der Waals surface area contributed by atoms with E-state index in [0.29, 0.717) is 26.1 Å². The van der Waals surface area contributed by atoms with E-state index in [1.54, 1.807) is 0 Å². The van der Waals surface area contributed by atoms with Crippen LogP contribution in [0.4, 0.5) is 4.79 Å². The molecule has 2 aliphatic rings. The second kappa shape index (κ2) is 18.6. The number of Topliss-reactive ketones (excluding diaryl/α,β-unsaturated/α-hetero) is 1. The first-order valence-electron chi connectivity index (χ1n) is 18.0. The van der Waals surface area contributed by atoms with Crippen molar-refractivity contribution in [2.75, 3.05) is 53.0 Å². The molecule has 0 bridgehead atoms. The summed E-state index contributed by atoms with van der Waals surface area (Å²) in [4.78, 5) is 69.0. The number of hydrogen-bond donors (Lipinski definition) is 4. The Labute approximate surface area is 305 Å². The normalized spacial score (nSPS) is 20.7. The number of likely N-dealkylation sites (N-methyl/N-ethyl adjacent to an activating group) is 1. The van der Waals surface area contributed by atoms with Gasteiger partial charge in [-0.05, 0) is 35.5 Å². The average molecular weight is 742 g/mol. The van der Waals surface area contributed by atoms with E-state index < -0.39 is 74.7 Å². The topological polar surface area (TPSA) is 187 Å². The van der Waals surface area contributed by atoms with E-state index in [1.165, 1.54) is 26.6 Å². The summed E-state index contributed by atoms with van der Waals surface area (Å²) in [5, 5.41) is 11.0. The average Bonchev–Trinajstić information content (AvgIpc) is 3.50. The smallest absolute Gasteiger partial charge is 0.315 e. The fourth-order valence-corrected chi connectivity index (χ4v) is 7.67. The Kier molecular flexibility index (Phi) is 16.1. The number of morpholine rings is 1. The molecule has 5 atom stereocenters. The standard InChI is InChI=1S/C35H63N7O8S/c1-12-14-25(28(43)31(45)36-16-13-2)37-30(44)27-24(23(3)4)15-17-42(27)32(46)29(35(8,9)10)39-33(47)38-26(34(5,6)7)22-40(11)51(48,49)41-18-20-50-21-19-41/h13,23-27,29H,2,12,14-22H2,1,3-11H3,(H,36,45)(H,37,44)(H2,38,39,47)/t24?,25?,26-,27+,29-/m1/s1. The molecule has 5 amide bonds. The lowest BCUT2D eigenvalue weighted by molar-refractivity contribution is -0.144. The quantitative estimate of drug-likeness (QED) is 0.136. The number of ether oxygens (including phenoxy) is 1. The summed E-state index contributed by atoms with van der Waals surface area (Å²) in [6, 6.07) is -4.36. The molecule has 0 saturated carbocycles. The van der Waals surface area contributed by atoms with Crippen molar-refractivity contribution >= 4 is 39.7 Å². The molecule has 292 valence electrons. The molecule has 15 nitrogen and oxygen atoms in total. The number of rotatable bonds is 16. The van der Waals surface area contributed by atoms with E-state index in [9.17, 15) is 32.4 Å². The zero-order valence-electron chi connectivity index (χ0n) is 32.3. The Morgan fingerprint density at radius 3 is 2.08 bits per heavy atom. The molecule has 51 heavy (non-hydrogen) atoms. The molecular weight excluding hydrogens is 678 g/mol. The first-order valence-corrected chi connectivity index (χ1v) is 19.4. The van der Waals surface area contributed by atoms with Crippen molar-refractivity contribution in [3.8, 4) is 0 Å². The number of hydrogen-bond acceptors (Lipinski definition) is 8. The molecule has 4 N–H and O–H groups in total. The van der Waals surface area contributed by atoms with Gasteiger partial charge >= 0.3 is 6.03 Å². The van der Waals surface area contributed by atoms with Gasteiger partial charge in [0.1, 0.15) is 12.1 Å². The number of ketones is 1. The van der Waals surface area contributed by atoms with Crippen LogP contribution in [0.25, 0.3) is 0 Å². The molecule has 0 radical (unpaired) electrons. The Hall–Kier alpha value is -3.08. The summed E-state index contributed by atoms with van der Waals surface area (Å²) in [5.74, 6) is -2.80. The molecule has 2 fully saturated rings. The number of urea groups is 1. The monoisotopic (exact) mass is 741 g/mol. The van der Waals surface area contributed by atoms with Gasteiger partial charge in [-0.1, -0.05) is 74.8 Å². The number of nitrogens with zero attached hydrogens (tertiary/aromatic N) is 3. The molecule has 2 aliphatic heterocycles. The molecule has 0 aromatic heterocycles.